The molecule has 1 fully saturated rings. The summed E-state index contributed by atoms with van der Waals surface area (Å²) in [4.78, 5) is 1.97. The molecule has 1 saturated heterocycles. The van der Waals surface area contributed by atoms with E-state index in [4.69, 9.17) is 0 Å². The van der Waals surface area contributed by atoms with Crippen LogP contribution in [-0.2, 0) is 6.67 Å². The highest BCUT2D eigenvalue weighted by atomic mass is 19.1. The van der Waals surface area contributed by atoms with Gasteiger partial charge in [-0.2, -0.15) is 0 Å². The lowest BCUT2D eigenvalue weighted by molar-refractivity contribution is 0.188. The van der Waals surface area contributed by atoms with E-state index < -0.39 is 12.8 Å². The molecule has 3 heteroatoms. The fraction of sp³-hybridized carbons (Fsp3) is 0.500. The van der Waals surface area contributed by atoms with E-state index in [0.717, 1.165) is 35.4 Å². The normalized spacial score (nSPS) is 19.6. The first kappa shape index (κ1) is 14.0. The van der Waals surface area contributed by atoms with Crippen LogP contribution in [0.5, 0.6) is 0 Å². The van der Waals surface area contributed by atoms with Crippen molar-refractivity contribution in [3.63, 3.8) is 0 Å². The van der Waals surface area contributed by atoms with Crippen molar-refractivity contribution >= 4 is 5.70 Å². The molecule has 1 heterocycles. The lowest BCUT2D eigenvalue weighted by Crippen LogP contribution is -2.34. The molecule has 19 heavy (non-hydrogen) atoms. The van der Waals surface area contributed by atoms with Gasteiger partial charge in [0.05, 0.1) is 0 Å². The van der Waals surface area contributed by atoms with Crippen LogP contribution in [0.4, 0.5) is 8.78 Å². The molecule has 1 aliphatic rings. The fourth-order valence-corrected chi connectivity index (χ4v) is 2.59. The number of benzene rings is 1. The van der Waals surface area contributed by atoms with Gasteiger partial charge in [-0.1, -0.05) is 6.58 Å². The summed E-state index contributed by atoms with van der Waals surface area (Å²) in [5.41, 5.74) is 4.45. The second-order valence-corrected chi connectivity index (χ2v) is 5.34. The quantitative estimate of drug-likeness (QED) is 0.792. The molecule has 0 spiro atoms. The second-order valence-electron chi connectivity index (χ2n) is 5.34. The first-order valence-electron chi connectivity index (χ1n) is 6.77. The number of piperidine rings is 1. The van der Waals surface area contributed by atoms with Crippen molar-refractivity contribution in [3.05, 3.63) is 41.0 Å². The first-order chi connectivity index (χ1) is 9.02. The SMILES string of the molecule is C=C(c1cc(C)c(C)c(CF)c1)N1CCCC(F)C1. The van der Waals surface area contributed by atoms with Gasteiger partial charge in [0.25, 0.3) is 0 Å². The van der Waals surface area contributed by atoms with E-state index in [-0.39, 0.29) is 0 Å². The molecule has 104 valence electrons. The van der Waals surface area contributed by atoms with Crippen molar-refractivity contribution in [1.82, 2.24) is 4.90 Å². The Labute approximate surface area is 113 Å². The highest BCUT2D eigenvalue weighted by Crippen LogP contribution is 2.27. The smallest absolute Gasteiger partial charge is 0.118 e. The van der Waals surface area contributed by atoms with Crippen LogP contribution in [-0.4, -0.2) is 24.2 Å². The summed E-state index contributed by atoms with van der Waals surface area (Å²) in [6, 6.07) is 3.85. The number of hydrogen-bond donors (Lipinski definition) is 0. The summed E-state index contributed by atoms with van der Waals surface area (Å²) in [6.07, 6.45) is 0.700. The van der Waals surface area contributed by atoms with Crippen molar-refractivity contribution in [3.8, 4) is 0 Å². The number of alkyl halides is 2. The molecular weight excluding hydrogens is 244 g/mol. The van der Waals surface area contributed by atoms with E-state index in [2.05, 4.69) is 6.58 Å². The first-order valence-corrected chi connectivity index (χ1v) is 6.77. The maximum absolute atomic E-state index is 13.5. The van der Waals surface area contributed by atoms with Crippen LogP contribution in [0.15, 0.2) is 18.7 Å². The molecule has 0 N–H and O–H groups in total. The minimum atomic E-state index is -0.780. The molecule has 1 aromatic rings. The van der Waals surface area contributed by atoms with E-state index in [1.54, 1.807) is 0 Å². The molecule has 0 saturated carbocycles. The lowest BCUT2D eigenvalue weighted by Gasteiger charge is -2.32. The number of aryl methyl sites for hydroxylation is 1. The minimum Gasteiger partial charge on any atom is -0.369 e. The largest absolute Gasteiger partial charge is 0.369 e. The summed E-state index contributed by atoms with van der Waals surface area (Å²) in [5.74, 6) is 0. The van der Waals surface area contributed by atoms with Gasteiger partial charge in [-0.3, -0.25) is 0 Å². The Hall–Kier alpha value is -1.38. The average molecular weight is 265 g/mol. The third-order valence-electron chi connectivity index (χ3n) is 4.00. The van der Waals surface area contributed by atoms with E-state index >= 15 is 0 Å². The molecule has 1 aromatic carbocycles. The Morgan fingerprint density at radius 1 is 1.42 bits per heavy atom. The summed E-state index contributed by atoms with van der Waals surface area (Å²) in [5, 5.41) is 0. The molecule has 0 bridgehead atoms. The molecule has 1 aliphatic heterocycles. The highest BCUT2D eigenvalue weighted by molar-refractivity contribution is 5.64. The lowest BCUT2D eigenvalue weighted by atomic mass is 9.97. The number of halogens is 2. The Balaban J connectivity index is 2.26. The van der Waals surface area contributed by atoms with Crippen LogP contribution < -0.4 is 0 Å². The zero-order valence-corrected chi connectivity index (χ0v) is 11.7. The summed E-state index contributed by atoms with van der Waals surface area (Å²) < 4.78 is 26.5. The second kappa shape index (κ2) is 5.72. The van der Waals surface area contributed by atoms with E-state index in [9.17, 15) is 8.78 Å². The van der Waals surface area contributed by atoms with Gasteiger partial charge >= 0.3 is 0 Å². The van der Waals surface area contributed by atoms with Crippen LogP contribution in [0.2, 0.25) is 0 Å². The van der Waals surface area contributed by atoms with Gasteiger partial charge in [0.1, 0.15) is 12.8 Å². The van der Waals surface area contributed by atoms with Gasteiger partial charge in [0, 0.05) is 18.8 Å². The van der Waals surface area contributed by atoms with Crippen molar-refractivity contribution in [2.75, 3.05) is 13.1 Å². The van der Waals surface area contributed by atoms with Crippen molar-refractivity contribution in [2.45, 2.75) is 39.5 Å². The number of hydrogen-bond acceptors (Lipinski definition) is 1. The molecule has 1 unspecified atom stereocenters. The van der Waals surface area contributed by atoms with E-state index in [1.807, 2.05) is 30.9 Å². The van der Waals surface area contributed by atoms with Gasteiger partial charge in [-0.25, -0.2) is 8.78 Å². The topological polar surface area (TPSA) is 3.24 Å². The zero-order valence-electron chi connectivity index (χ0n) is 11.7. The van der Waals surface area contributed by atoms with Crippen LogP contribution in [0.1, 0.15) is 35.1 Å². The monoisotopic (exact) mass is 265 g/mol. The third-order valence-corrected chi connectivity index (χ3v) is 4.00. The van der Waals surface area contributed by atoms with Crippen molar-refractivity contribution in [2.24, 2.45) is 0 Å². The number of likely N-dealkylation sites (tertiary alicyclic amines) is 1. The van der Waals surface area contributed by atoms with Crippen LogP contribution in [0.25, 0.3) is 5.70 Å². The van der Waals surface area contributed by atoms with Crippen molar-refractivity contribution in [1.29, 1.82) is 0 Å². The summed E-state index contributed by atoms with van der Waals surface area (Å²) in [6.45, 7) is 8.72. The predicted octanol–water partition coefficient (Wildman–Crippen LogP) is 4.18. The molecule has 0 aromatic heterocycles. The average Bonchev–Trinajstić information content (AvgIpc) is 2.41. The maximum atomic E-state index is 13.5. The van der Waals surface area contributed by atoms with Crippen LogP contribution in [0, 0.1) is 13.8 Å². The standard InChI is InChI=1S/C16H21F2N/c1-11-7-14(8-15(9-17)12(11)2)13(3)19-6-4-5-16(18)10-19/h7-8,16H,3-6,9-10H2,1-2H3. The number of rotatable bonds is 3. The molecule has 2 rings (SSSR count). The Bertz CT molecular complexity index is 482. The minimum absolute atomic E-state index is 0.400. The fourth-order valence-electron chi connectivity index (χ4n) is 2.59. The summed E-state index contributed by atoms with van der Waals surface area (Å²) >= 11 is 0. The molecule has 1 atom stereocenters. The predicted molar refractivity (Wildman–Crippen MR) is 75.5 cm³/mol. The Morgan fingerprint density at radius 2 is 2.16 bits per heavy atom. The Morgan fingerprint density at radius 3 is 2.79 bits per heavy atom. The van der Waals surface area contributed by atoms with Gasteiger partial charge in [-0.05, 0) is 61.1 Å². The van der Waals surface area contributed by atoms with Gasteiger partial charge in [-0.15, -0.1) is 0 Å². The molecular formula is C16H21F2N. The van der Waals surface area contributed by atoms with Crippen LogP contribution in [0.3, 0.4) is 0 Å². The van der Waals surface area contributed by atoms with Crippen molar-refractivity contribution < 1.29 is 8.78 Å². The Kier molecular flexibility index (Phi) is 4.23. The molecule has 0 aliphatic carbocycles. The summed E-state index contributed by atoms with van der Waals surface area (Å²) in [7, 11) is 0. The van der Waals surface area contributed by atoms with E-state index in [0.29, 0.717) is 18.5 Å². The third kappa shape index (κ3) is 2.96. The van der Waals surface area contributed by atoms with Crippen LogP contribution >= 0.6 is 0 Å². The van der Waals surface area contributed by atoms with Gasteiger partial charge in [0.15, 0.2) is 0 Å². The van der Waals surface area contributed by atoms with E-state index in [1.165, 1.54) is 0 Å². The highest BCUT2D eigenvalue weighted by Gasteiger charge is 2.21. The number of nitrogens with zero attached hydrogens (tertiary/aromatic N) is 1. The molecule has 0 amide bonds. The maximum Gasteiger partial charge on any atom is 0.118 e. The zero-order chi connectivity index (χ0) is 14.0. The molecule has 1 nitrogen and oxygen atoms in total. The van der Waals surface area contributed by atoms with Gasteiger partial charge in [0.2, 0.25) is 0 Å². The molecule has 0 radical (unpaired) electrons. The van der Waals surface area contributed by atoms with Gasteiger partial charge < -0.3 is 4.90 Å².